The second kappa shape index (κ2) is 7.31. The van der Waals surface area contributed by atoms with E-state index in [2.05, 4.69) is 4.72 Å². The van der Waals surface area contributed by atoms with Gasteiger partial charge < -0.3 is 10.5 Å². The standard InChI is InChI=1S/C11H16Cl2N2O3S/c1-18-5-3-2-4-15-19(16,17)11-9(13)6-8(12)7-10(11)14/h6-7,15H,2-5,14H2,1H3. The Labute approximate surface area is 123 Å². The molecule has 0 atom stereocenters. The normalized spacial score (nSPS) is 11.7. The Bertz CT molecular complexity index is 512. The minimum Gasteiger partial charge on any atom is -0.398 e. The van der Waals surface area contributed by atoms with E-state index < -0.39 is 10.0 Å². The van der Waals surface area contributed by atoms with E-state index in [0.29, 0.717) is 24.6 Å². The van der Waals surface area contributed by atoms with Gasteiger partial charge >= 0.3 is 0 Å². The number of halogens is 2. The maximum absolute atomic E-state index is 12.1. The average molecular weight is 327 g/mol. The third kappa shape index (κ3) is 4.81. The number of rotatable bonds is 7. The number of methoxy groups -OCH3 is 1. The molecule has 0 heterocycles. The van der Waals surface area contributed by atoms with Crippen LogP contribution in [-0.2, 0) is 14.8 Å². The summed E-state index contributed by atoms with van der Waals surface area (Å²) >= 11 is 11.6. The molecule has 1 aromatic rings. The minimum absolute atomic E-state index is 0.00870. The van der Waals surface area contributed by atoms with Crippen LogP contribution in [0.2, 0.25) is 10.0 Å². The number of nitrogens with one attached hydrogen (secondary N) is 1. The van der Waals surface area contributed by atoms with Gasteiger partial charge in [-0.25, -0.2) is 13.1 Å². The van der Waals surface area contributed by atoms with Crippen molar-refractivity contribution in [3.63, 3.8) is 0 Å². The maximum Gasteiger partial charge on any atom is 0.244 e. The van der Waals surface area contributed by atoms with Crippen LogP contribution in [0, 0.1) is 0 Å². The van der Waals surface area contributed by atoms with Gasteiger partial charge in [-0.15, -0.1) is 0 Å². The third-order valence-electron chi connectivity index (χ3n) is 2.37. The summed E-state index contributed by atoms with van der Waals surface area (Å²) in [5.74, 6) is 0. The Balaban J connectivity index is 2.78. The first kappa shape index (κ1) is 16.5. The summed E-state index contributed by atoms with van der Waals surface area (Å²) in [6.45, 7) is 0.885. The highest BCUT2D eigenvalue weighted by Gasteiger charge is 2.21. The summed E-state index contributed by atoms with van der Waals surface area (Å²) < 4.78 is 31.5. The third-order valence-corrected chi connectivity index (χ3v) is 4.58. The predicted molar refractivity (Wildman–Crippen MR) is 77.2 cm³/mol. The number of hydrogen-bond donors (Lipinski definition) is 2. The molecule has 0 aliphatic rings. The molecule has 0 saturated heterocycles. The van der Waals surface area contributed by atoms with Crippen molar-refractivity contribution < 1.29 is 13.2 Å². The van der Waals surface area contributed by atoms with Crippen molar-refractivity contribution in [2.75, 3.05) is 26.0 Å². The summed E-state index contributed by atoms with van der Waals surface area (Å²) in [4.78, 5) is -0.134. The number of sulfonamides is 1. The van der Waals surface area contributed by atoms with E-state index in [1.165, 1.54) is 12.1 Å². The van der Waals surface area contributed by atoms with E-state index in [9.17, 15) is 8.42 Å². The number of nitrogens with two attached hydrogens (primary N) is 1. The molecule has 1 rings (SSSR count). The molecule has 0 amide bonds. The molecule has 0 fully saturated rings. The van der Waals surface area contributed by atoms with Crippen LogP contribution in [0.5, 0.6) is 0 Å². The van der Waals surface area contributed by atoms with Crippen molar-refractivity contribution in [1.29, 1.82) is 0 Å². The predicted octanol–water partition coefficient (Wildman–Crippen LogP) is 2.28. The lowest BCUT2D eigenvalue weighted by Crippen LogP contribution is -2.26. The van der Waals surface area contributed by atoms with Crippen LogP contribution < -0.4 is 10.5 Å². The Morgan fingerprint density at radius 1 is 1.32 bits per heavy atom. The highest BCUT2D eigenvalue weighted by molar-refractivity contribution is 7.89. The van der Waals surface area contributed by atoms with Gasteiger partial charge in [0.25, 0.3) is 0 Å². The van der Waals surface area contributed by atoms with E-state index in [1.807, 2.05) is 0 Å². The van der Waals surface area contributed by atoms with Gasteiger partial charge in [-0.05, 0) is 25.0 Å². The smallest absolute Gasteiger partial charge is 0.244 e. The maximum atomic E-state index is 12.1. The minimum atomic E-state index is -3.73. The zero-order valence-electron chi connectivity index (χ0n) is 10.4. The average Bonchev–Trinajstić information content (AvgIpc) is 2.26. The molecule has 19 heavy (non-hydrogen) atoms. The Morgan fingerprint density at radius 2 is 2.00 bits per heavy atom. The monoisotopic (exact) mass is 326 g/mol. The number of ether oxygens (including phenoxy) is 1. The van der Waals surface area contributed by atoms with Gasteiger partial charge in [-0.2, -0.15) is 0 Å². The quantitative estimate of drug-likeness (QED) is 0.595. The Kier molecular flexibility index (Phi) is 6.35. The fourth-order valence-corrected chi connectivity index (χ4v) is 3.57. The zero-order valence-corrected chi connectivity index (χ0v) is 12.8. The highest BCUT2D eigenvalue weighted by Crippen LogP contribution is 2.30. The molecule has 0 saturated carbocycles. The molecule has 0 aliphatic heterocycles. The molecular formula is C11H16Cl2N2O3S. The molecule has 0 radical (unpaired) electrons. The van der Waals surface area contributed by atoms with Crippen LogP contribution in [0.3, 0.4) is 0 Å². The fraction of sp³-hybridized carbons (Fsp3) is 0.455. The summed E-state index contributed by atoms with van der Waals surface area (Å²) in [6, 6.07) is 2.70. The number of benzene rings is 1. The van der Waals surface area contributed by atoms with Gasteiger partial charge in [0.2, 0.25) is 10.0 Å². The van der Waals surface area contributed by atoms with E-state index in [1.54, 1.807) is 7.11 Å². The van der Waals surface area contributed by atoms with Crippen molar-refractivity contribution >= 4 is 38.9 Å². The van der Waals surface area contributed by atoms with Gasteiger partial charge in [0, 0.05) is 25.3 Å². The van der Waals surface area contributed by atoms with Crippen LogP contribution >= 0.6 is 23.2 Å². The first-order valence-corrected chi connectivity index (χ1v) is 7.85. The largest absolute Gasteiger partial charge is 0.398 e. The van der Waals surface area contributed by atoms with E-state index >= 15 is 0 Å². The molecule has 0 aliphatic carbocycles. The van der Waals surface area contributed by atoms with Crippen LogP contribution in [0.1, 0.15) is 12.8 Å². The Hall–Kier alpha value is -0.530. The Morgan fingerprint density at radius 3 is 2.58 bits per heavy atom. The lowest BCUT2D eigenvalue weighted by Gasteiger charge is -2.11. The molecule has 5 nitrogen and oxygen atoms in total. The fourth-order valence-electron chi connectivity index (χ4n) is 1.51. The topological polar surface area (TPSA) is 81.4 Å². The van der Waals surface area contributed by atoms with Crippen LogP contribution in [0.15, 0.2) is 17.0 Å². The lowest BCUT2D eigenvalue weighted by atomic mass is 10.3. The zero-order chi connectivity index (χ0) is 14.5. The molecular weight excluding hydrogens is 311 g/mol. The van der Waals surface area contributed by atoms with Gasteiger partial charge in [0.15, 0.2) is 0 Å². The molecule has 0 spiro atoms. The number of anilines is 1. The summed E-state index contributed by atoms with van der Waals surface area (Å²) in [5, 5.41) is 0.302. The highest BCUT2D eigenvalue weighted by atomic mass is 35.5. The van der Waals surface area contributed by atoms with Crippen molar-refractivity contribution in [3.8, 4) is 0 Å². The van der Waals surface area contributed by atoms with Crippen molar-refractivity contribution in [1.82, 2.24) is 4.72 Å². The van der Waals surface area contributed by atoms with Crippen LogP contribution in [0.4, 0.5) is 5.69 Å². The van der Waals surface area contributed by atoms with E-state index in [0.717, 1.165) is 6.42 Å². The number of nitrogen functional groups attached to an aromatic ring is 1. The molecule has 0 bridgehead atoms. The molecule has 8 heteroatoms. The van der Waals surface area contributed by atoms with Crippen molar-refractivity contribution in [3.05, 3.63) is 22.2 Å². The molecule has 1 aromatic carbocycles. The SMILES string of the molecule is COCCCCNS(=O)(=O)c1c(N)cc(Cl)cc1Cl. The van der Waals surface area contributed by atoms with Gasteiger partial charge in [-0.3, -0.25) is 0 Å². The number of hydrogen-bond acceptors (Lipinski definition) is 4. The van der Waals surface area contributed by atoms with Gasteiger partial charge in [0.1, 0.15) is 4.90 Å². The second-order valence-electron chi connectivity index (χ2n) is 3.90. The summed E-state index contributed by atoms with van der Waals surface area (Å²) in [5.41, 5.74) is 5.68. The van der Waals surface area contributed by atoms with Crippen molar-refractivity contribution in [2.24, 2.45) is 0 Å². The molecule has 0 aromatic heterocycles. The second-order valence-corrected chi connectivity index (χ2v) is 6.45. The first-order valence-electron chi connectivity index (χ1n) is 5.61. The first-order chi connectivity index (χ1) is 8.88. The van der Waals surface area contributed by atoms with Gasteiger partial charge in [0.05, 0.1) is 10.7 Å². The molecule has 0 unspecified atom stereocenters. The van der Waals surface area contributed by atoms with E-state index in [-0.39, 0.29) is 15.6 Å². The van der Waals surface area contributed by atoms with Crippen LogP contribution in [-0.4, -0.2) is 28.7 Å². The molecule has 3 N–H and O–H groups in total. The van der Waals surface area contributed by atoms with Gasteiger partial charge in [-0.1, -0.05) is 23.2 Å². The summed E-state index contributed by atoms with van der Waals surface area (Å²) in [6.07, 6.45) is 1.43. The number of unbranched alkanes of at least 4 members (excludes halogenated alkanes) is 1. The van der Waals surface area contributed by atoms with E-state index in [4.69, 9.17) is 33.7 Å². The summed E-state index contributed by atoms with van der Waals surface area (Å²) in [7, 11) is -2.14. The van der Waals surface area contributed by atoms with Crippen LogP contribution in [0.25, 0.3) is 0 Å². The molecule has 108 valence electrons. The van der Waals surface area contributed by atoms with Crippen molar-refractivity contribution in [2.45, 2.75) is 17.7 Å². The lowest BCUT2D eigenvalue weighted by molar-refractivity contribution is 0.193.